The molecule has 0 bridgehead atoms. The van der Waals surface area contributed by atoms with Crippen LogP contribution in [0.5, 0.6) is 0 Å². The molecule has 2 heterocycles. The van der Waals surface area contributed by atoms with Crippen LogP contribution in [-0.4, -0.2) is 38.8 Å². The molecule has 0 unspecified atom stereocenters. The van der Waals surface area contributed by atoms with E-state index in [0.29, 0.717) is 6.54 Å². The van der Waals surface area contributed by atoms with Gasteiger partial charge < -0.3 is 9.88 Å². The Morgan fingerprint density at radius 2 is 1.80 bits per heavy atom. The summed E-state index contributed by atoms with van der Waals surface area (Å²) < 4.78 is 28.8. The van der Waals surface area contributed by atoms with E-state index in [2.05, 4.69) is 10.3 Å². The summed E-state index contributed by atoms with van der Waals surface area (Å²) in [5.74, 6) is -0.889. The van der Waals surface area contributed by atoms with Gasteiger partial charge >= 0.3 is 5.69 Å². The number of fused-ring (bicyclic) bond motifs is 1. The number of benzene rings is 1. The van der Waals surface area contributed by atoms with E-state index in [9.17, 15) is 22.8 Å². The van der Waals surface area contributed by atoms with Gasteiger partial charge in [-0.15, -0.1) is 0 Å². The largest absolute Gasteiger partial charge is 0.352 e. The maximum Gasteiger partial charge on any atom is 0.332 e. The van der Waals surface area contributed by atoms with Crippen LogP contribution in [0.1, 0.15) is 17.5 Å². The summed E-state index contributed by atoms with van der Waals surface area (Å²) in [6.45, 7) is 2.24. The van der Waals surface area contributed by atoms with E-state index in [4.69, 9.17) is 0 Å². The third kappa shape index (κ3) is 3.92. The van der Waals surface area contributed by atoms with E-state index in [0.717, 1.165) is 20.3 Å². The van der Waals surface area contributed by atoms with Crippen LogP contribution in [0.4, 0.5) is 0 Å². The fourth-order valence-corrected chi connectivity index (χ4v) is 4.64. The van der Waals surface area contributed by atoms with Crippen molar-refractivity contribution in [2.45, 2.75) is 25.0 Å². The molecule has 10 nitrogen and oxygen atoms in total. The number of hydrogen-bond donors (Lipinski definition) is 1. The fraction of sp³-hybridized carbons (Fsp3) is 0.368. The molecule has 0 saturated carbocycles. The first-order chi connectivity index (χ1) is 14.0. The van der Waals surface area contributed by atoms with Gasteiger partial charge in [-0.25, -0.2) is 18.2 Å². The lowest BCUT2D eigenvalue weighted by Crippen LogP contribution is -2.37. The quantitative estimate of drug-likeness (QED) is 0.572. The zero-order valence-electron chi connectivity index (χ0n) is 17.2. The van der Waals surface area contributed by atoms with Crippen molar-refractivity contribution in [3.63, 3.8) is 0 Å². The predicted molar refractivity (Wildman–Crippen MR) is 111 cm³/mol. The number of carbonyl (C=O) groups excluding carboxylic acids is 1. The topological polar surface area (TPSA) is 125 Å². The average Bonchev–Trinajstić information content (AvgIpc) is 3.06. The second-order valence-corrected chi connectivity index (χ2v) is 9.17. The Hall–Kier alpha value is -3.21. The monoisotopic (exact) mass is 433 g/mol. The van der Waals surface area contributed by atoms with Crippen molar-refractivity contribution in [2.24, 2.45) is 21.1 Å². The minimum atomic E-state index is -3.97. The standard InChI is InChI=1S/C19H23N5O5S/c1-12-6-5-7-13(10-12)11-20-14(25)8-9-30(28,29)18-21-15-16(22(18)2)23(3)19(27)24(4)17(15)26/h5-7,10H,8-9,11H2,1-4H3,(H,20,25). The second kappa shape index (κ2) is 7.90. The number of hydrogen-bond acceptors (Lipinski definition) is 6. The van der Waals surface area contributed by atoms with Crippen molar-refractivity contribution in [3.8, 4) is 0 Å². The minimum Gasteiger partial charge on any atom is -0.352 e. The van der Waals surface area contributed by atoms with Crippen LogP contribution >= 0.6 is 0 Å². The summed E-state index contributed by atoms with van der Waals surface area (Å²) in [4.78, 5) is 40.6. The Morgan fingerprint density at radius 1 is 1.10 bits per heavy atom. The van der Waals surface area contributed by atoms with Gasteiger partial charge in [-0.2, -0.15) is 0 Å². The van der Waals surface area contributed by atoms with E-state index >= 15 is 0 Å². The highest BCUT2D eigenvalue weighted by Gasteiger charge is 2.26. The maximum atomic E-state index is 12.8. The van der Waals surface area contributed by atoms with Gasteiger partial charge in [0.1, 0.15) is 0 Å². The number of amides is 1. The molecule has 1 amide bonds. The zero-order chi connectivity index (χ0) is 22.2. The summed E-state index contributed by atoms with van der Waals surface area (Å²) in [6.07, 6.45) is -0.256. The molecule has 0 spiro atoms. The summed E-state index contributed by atoms with van der Waals surface area (Å²) in [5.41, 5.74) is 0.691. The first kappa shape index (κ1) is 21.5. The van der Waals surface area contributed by atoms with Crippen molar-refractivity contribution >= 4 is 26.9 Å². The summed E-state index contributed by atoms with van der Waals surface area (Å²) in [7, 11) is 0.175. The van der Waals surface area contributed by atoms with Gasteiger partial charge in [0.15, 0.2) is 11.2 Å². The molecule has 160 valence electrons. The van der Waals surface area contributed by atoms with Crippen LogP contribution in [-0.2, 0) is 42.3 Å². The Morgan fingerprint density at radius 3 is 2.47 bits per heavy atom. The normalized spacial score (nSPS) is 11.7. The number of aryl methyl sites for hydroxylation is 3. The van der Waals surface area contributed by atoms with Crippen LogP contribution < -0.4 is 16.6 Å². The van der Waals surface area contributed by atoms with Gasteiger partial charge in [0.05, 0.1) is 5.75 Å². The number of aromatic nitrogens is 4. The number of rotatable bonds is 6. The Bertz CT molecular complexity index is 1360. The van der Waals surface area contributed by atoms with Crippen molar-refractivity contribution in [1.82, 2.24) is 24.0 Å². The molecule has 3 aromatic rings. The lowest BCUT2D eigenvalue weighted by molar-refractivity contribution is -0.120. The molecule has 3 rings (SSSR count). The van der Waals surface area contributed by atoms with Crippen LogP contribution in [0.15, 0.2) is 39.0 Å². The first-order valence-electron chi connectivity index (χ1n) is 9.20. The molecule has 30 heavy (non-hydrogen) atoms. The summed E-state index contributed by atoms with van der Waals surface area (Å²) in [6, 6.07) is 7.62. The van der Waals surface area contributed by atoms with Gasteiger partial charge in [-0.1, -0.05) is 29.8 Å². The molecule has 1 aromatic carbocycles. The van der Waals surface area contributed by atoms with E-state index in [1.165, 1.54) is 25.7 Å². The number of nitrogens with one attached hydrogen (secondary N) is 1. The summed E-state index contributed by atoms with van der Waals surface area (Å²) in [5, 5.41) is 2.34. The van der Waals surface area contributed by atoms with Crippen LogP contribution in [0.2, 0.25) is 0 Å². The smallest absolute Gasteiger partial charge is 0.332 e. The molecule has 0 saturated heterocycles. The van der Waals surface area contributed by atoms with E-state index in [1.807, 2.05) is 31.2 Å². The fourth-order valence-electron chi connectivity index (χ4n) is 3.27. The molecule has 2 aromatic heterocycles. The maximum absolute atomic E-state index is 12.8. The molecule has 0 atom stereocenters. The van der Waals surface area contributed by atoms with Crippen molar-refractivity contribution in [3.05, 3.63) is 56.2 Å². The molecule has 0 aliphatic heterocycles. The molecule has 0 aliphatic rings. The third-order valence-corrected chi connectivity index (χ3v) is 6.53. The zero-order valence-corrected chi connectivity index (χ0v) is 18.0. The Balaban J connectivity index is 1.80. The van der Waals surface area contributed by atoms with Crippen molar-refractivity contribution < 1.29 is 13.2 Å². The SMILES string of the molecule is Cc1cccc(CNC(=O)CCS(=O)(=O)c2nc3c(=O)n(C)c(=O)n(C)c3n2C)c1. The number of imidazole rings is 1. The Kier molecular flexibility index (Phi) is 5.66. The minimum absolute atomic E-state index is 0.102. The molecule has 0 fully saturated rings. The molecule has 0 radical (unpaired) electrons. The van der Waals surface area contributed by atoms with Crippen LogP contribution in [0.3, 0.4) is 0 Å². The average molecular weight is 433 g/mol. The third-order valence-electron chi connectivity index (χ3n) is 4.87. The number of carbonyl (C=O) groups is 1. The highest BCUT2D eigenvalue weighted by molar-refractivity contribution is 7.91. The molecule has 11 heteroatoms. The molecule has 0 aliphatic carbocycles. The first-order valence-corrected chi connectivity index (χ1v) is 10.9. The second-order valence-electron chi connectivity index (χ2n) is 7.17. The van der Waals surface area contributed by atoms with E-state index in [-0.39, 0.29) is 22.7 Å². The van der Waals surface area contributed by atoms with Crippen LogP contribution in [0.25, 0.3) is 11.2 Å². The van der Waals surface area contributed by atoms with Gasteiger partial charge in [0, 0.05) is 34.1 Å². The van der Waals surface area contributed by atoms with E-state index in [1.54, 1.807) is 0 Å². The lowest BCUT2D eigenvalue weighted by atomic mass is 10.1. The molecular weight excluding hydrogens is 410 g/mol. The number of sulfone groups is 1. The van der Waals surface area contributed by atoms with E-state index < -0.39 is 32.7 Å². The van der Waals surface area contributed by atoms with Gasteiger partial charge in [0.2, 0.25) is 20.9 Å². The number of nitrogens with zero attached hydrogens (tertiary/aromatic N) is 4. The lowest BCUT2D eigenvalue weighted by Gasteiger charge is -2.08. The molecular formula is C19H23N5O5S. The summed E-state index contributed by atoms with van der Waals surface area (Å²) >= 11 is 0. The van der Waals surface area contributed by atoms with Crippen molar-refractivity contribution in [1.29, 1.82) is 0 Å². The van der Waals surface area contributed by atoms with Gasteiger partial charge in [0.25, 0.3) is 5.56 Å². The van der Waals surface area contributed by atoms with Crippen LogP contribution in [0, 0.1) is 6.92 Å². The highest BCUT2D eigenvalue weighted by atomic mass is 32.2. The Labute approximate surface area is 172 Å². The van der Waals surface area contributed by atoms with Crippen molar-refractivity contribution in [2.75, 3.05) is 5.75 Å². The highest BCUT2D eigenvalue weighted by Crippen LogP contribution is 2.16. The van der Waals surface area contributed by atoms with Gasteiger partial charge in [-0.3, -0.25) is 18.7 Å². The van der Waals surface area contributed by atoms with Gasteiger partial charge in [-0.05, 0) is 12.5 Å². The molecule has 1 N–H and O–H groups in total. The predicted octanol–water partition coefficient (Wildman–Crippen LogP) is -0.241.